The lowest BCUT2D eigenvalue weighted by atomic mass is 10.2. The average molecular weight is 459 g/mol. The second-order valence-corrected chi connectivity index (χ2v) is 7.48. The molecule has 32 heavy (non-hydrogen) atoms. The number of nitrogens with one attached hydrogen (secondary N) is 1. The quantitative estimate of drug-likeness (QED) is 0.432. The van der Waals surface area contributed by atoms with Crippen molar-refractivity contribution in [3.8, 4) is 5.75 Å². The van der Waals surface area contributed by atoms with E-state index < -0.39 is 10.7 Å². The minimum atomic E-state index is -0.579. The molecule has 1 aliphatic heterocycles. The number of benzene rings is 2. The first-order valence-corrected chi connectivity index (χ1v) is 10.2. The van der Waals surface area contributed by atoms with Crippen molar-refractivity contribution >= 4 is 40.3 Å². The third-order valence-corrected chi connectivity index (χ3v) is 5.47. The summed E-state index contributed by atoms with van der Waals surface area (Å²) in [5, 5.41) is 14.7. The second-order valence-electron chi connectivity index (χ2n) is 7.08. The first kappa shape index (κ1) is 21.6. The van der Waals surface area contributed by atoms with E-state index in [0.717, 1.165) is 11.4 Å². The van der Waals surface area contributed by atoms with Gasteiger partial charge in [0.05, 0.1) is 17.1 Å². The van der Waals surface area contributed by atoms with Crippen LogP contribution in [0, 0.1) is 15.9 Å². The summed E-state index contributed by atoms with van der Waals surface area (Å²) in [5.41, 5.74) is 1.19. The van der Waals surface area contributed by atoms with E-state index in [4.69, 9.17) is 16.3 Å². The number of rotatable bonds is 6. The van der Waals surface area contributed by atoms with Gasteiger partial charge < -0.3 is 19.9 Å². The van der Waals surface area contributed by atoms with Crippen LogP contribution in [0.3, 0.4) is 0 Å². The van der Waals surface area contributed by atoms with E-state index in [9.17, 15) is 14.5 Å². The van der Waals surface area contributed by atoms with Gasteiger partial charge in [0.2, 0.25) is 11.6 Å². The van der Waals surface area contributed by atoms with E-state index in [0.29, 0.717) is 31.9 Å². The normalized spacial score (nSPS) is 13.7. The van der Waals surface area contributed by atoms with Crippen molar-refractivity contribution in [2.75, 3.05) is 48.4 Å². The predicted octanol–water partition coefficient (Wildman–Crippen LogP) is 4.26. The van der Waals surface area contributed by atoms with E-state index >= 15 is 0 Å². The van der Waals surface area contributed by atoms with Crippen LogP contribution >= 0.6 is 11.6 Å². The molecule has 1 fully saturated rings. The maximum absolute atomic E-state index is 13.4. The summed E-state index contributed by atoms with van der Waals surface area (Å²) in [7, 11) is 1.62. The molecule has 2 heterocycles. The first-order valence-electron chi connectivity index (χ1n) is 9.81. The summed E-state index contributed by atoms with van der Waals surface area (Å²) >= 11 is 5.82. The molecule has 0 aliphatic carbocycles. The molecule has 2 aromatic carbocycles. The van der Waals surface area contributed by atoms with Gasteiger partial charge in [-0.25, -0.2) is 14.4 Å². The molecule has 0 radical (unpaired) electrons. The molecule has 166 valence electrons. The highest BCUT2D eigenvalue weighted by Gasteiger charge is 2.29. The minimum Gasteiger partial charge on any atom is -0.497 e. The Kier molecular flexibility index (Phi) is 6.22. The lowest BCUT2D eigenvalue weighted by molar-refractivity contribution is -0.383. The van der Waals surface area contributed by atoms with Crippen LogP contribution in [0.1, 0.15) is 0 Å². The topological polar surface area (TPSA) is 96.7 Å². The fourth-order valence-corrected chi connectivity index (χ4v) is 3.72. The van der Waals surface area contributed by atoms with Gasteiger partial charge >= 0.3 is 5.69 Å². The third-order valence-electron chi connectivity index (χ3n) is 5.18. The molecule has 9 nitrogen and oxygen atoms in total. The average Bonchev–Trinajstić information content (AvgIpc) is 2.81. The lowest BCUT2D eigenvalue weighted by Crippen LogP contribution is -2.47. The number of methoxy groups -OCH3 is 1. The van der Waals surface area contributed by atoms with Crippen LogP contribution in [0.2, 0.25) is 5.02 Å². The number of ether oxygens (including phenoxy) is 1. The van der Waals surface area contributed by atoms with E-state index in [1.807, 2.05) is 29.2 Å². The van der Waals surface area contributed by atoms with Crippen LogP contribution in [-0.4, -0.2) is 48.2 Å². The van der Waals surface area contributed by atoms with Crippen molar-refractivity contribution in [2.24, 2.45) is 0 Å². The molecule has 1 aliphatic rings. The van der Waals surface area contributed by atoms with Gasteiger partial charge in [-0.3, -0.25) is 10.1 Å². The van der Waals surface area contributed by atoms with Gasteiger partial charge in [-0.1, -0.05) is 11.6 Å². The molecule has 0 saturated carbocycles. The fourth-order valence-electron chi connectivity index (χ4n) is 3.54. The summed E-state index contributed by atoms with van der Waals surface area (Å²) in [6.45, 7) is 2.44. The SMILES string of the molecule is COc1ccc(N2CCN(c3ncnc(Nc4ccc(F)c(Cl)c4)c3[N+](=O)[O-])CC2)cc1. The number of nitro groups is 1. The standard InChI is InChI=1S/C21H20ClFN6O3/c1-32-16-5-3-15(4-6-16)27-8-10-28(11-9-27)21-19(29(30)31)20(24-13-25-21)26-14-2-7-18(23)17(22)12-14/h2-7,12-13H,8-11H2,1H3,(H,24,25,26). The molecule has 11 heteroatoms. The van der Waals surface area contributed by atoms with E-state index in [2.05, 4.69) is 20.2 Å². The minimum absolute atomic E-state index is 0.0141. The third kappa shape index (κ3) is 4.50. The molecule has 1 aromatic heterocycles. The molecule has 0 spiro atoms. The van der Waals surface area contributed by atoms with Gasteiger partial charge in [0, 0.05) is 37.6 Å². The molecule has 1 saturated heterocycles. The van der Waals surface area contributed by atoms with Crippen LogP contribution < -0.4 is 19.9 Å². The number of anilines is 4. The highest BCUT2D eigenvalue weighted by atomic mass is 35.5. The molecule has 3 aromatic rings. The second kappa shape index (κ2) is 9.23. The Morgan fingerprint density at radius 2 is 1.78 bits per heavy atom. The highest BCUT2D eigenvalue weighted by Crippen LogP contribution is 2.35. The molecule has 1 N–H and O–H groups in total. The van der Waals surface area contributed by atoms with Gasteiger partial charge in [-0.2, -0.15) is 0 Å². The van der Waals surface area contributed by atoms with Crippen molar-refractivity contribution in [2.45, 2.75) is 0 Å². The van der Waals surface area contributed by atoms with Crippen molar-refractivity contribution in [1.29, 1.82) is 0 Å². The summed E-state index contributed by atoms with van der Waals surface area (Å²) in [4.78, 5) is 23.7. The summed E-state index contributed by atoms with van der Waals surface area (Å²) < 4.78 is 18.6. The molecular formula is C21H20ClFN6O3. The molecule has 0 atom stereocenters. The van der Waals surface area contributed by atoms with Crippen LogP contribution in [0.15, 0.2) is 48.8 Å². The van der Waals surface area contributed by atoms with Gasteiger partial charge in [0.15, 0.2) is 0 Å². The zero-order valence-electron chi connectivity index (χ0n) is 17.2. The first-order chi connectivity index (χ1) is 15.5. The van der Waals surface area contributed by atoms with Crippen molar-refractivity contribution < 1.29 is 14.1 Å². The number of hydrogen-bond acceptors (Lipinski definition) is 8. The molecule has 0 amide bonds. The van der Waals surface area contributed by atoms with Crippen molar-refractivity contribution in [3.63, 3.8) is 0 Å². The van der Waals surface area contributed by atoms with Gasteiger partial charge in [0.1, 0.15) is 17.9 Å². The van der Waals surface area contributed by atoms with Gasteiger partial charge in [0.25, 0.3) is 0 Å². The van der Waals surface area contributed by atoms with E-state index in [1.165, 1.54) is 24.5 Å². The highest BCUT2D eigenvalue weighted by molar-refractivity contribution is 6.31. The Balaban J connectivity index is 1.54. The Bertz CT molecular complexity index is 1120. The number of nitrogens with zero attached hydrogens (tertiary/aromatic N) is 5. The number of hydrogen-bond donors (Lipinski definition) is 1. The van der Waals surface area contributed by atoms with E-state index in [1.54, 1.807) is 7.11 Å². The number of piperazine rings is 1. The fraction of sp³-hybridized carbons (Fsp3) is 0.238. The molecule has 0 unspecified atom stereocenters. The Hall–Kier alpha value is -3.66. The van der Waals surface area contributed by atoms with Crippen molar-refractivity contribution in [1.82, 2.24) is 9.97 Å². The number of halogens is 2. The summed E-state index contributed by atoms with van der Waals surface area (Å²) in [5.74, 6) is 0.451. The predicted molar refractivity (Wildman–Crippen MR) is 121 cm³/mol. The maximum atomic E-state index is 13.4. The Labute approximate surface area is 188 Å². The molecule has 0 bridgehead atoms. The zero-order chi connectivity index (χ0) is 22.7. The van der Waals surface area contributed by atoms with Gasteiger partial charge in [-0.05, 0) is 42.5 Å². The van der Waals surface area contributed by atoms with Crippen LogP contribution in [0.25, 0.3) is 0 Å². The van der Waals surface area contributed by atoms with Crippen LogP contribution in [-0.2, 0) is 0 Å². The lowest BCUT2D eigenvalue weighted by Gasteiger charge is -2.36. The maximum Gasteiger partial charge on any atom is 0.353 e. The van der Waals surface area contributed by atoms with Crippen LogP contribution in [0.4, 0.5) is 33.1 Å². The van der Waals surface area contributed by atoms with Gasteiger partial charge in [-0.15, -0.1) is 0 Å². The summed E-state index contributed by atoms with van der Waals surface area (Å²) in [6.07, 6.45) is 1.27. The largest absolute Gasteiger partial charge is 0.497 e. The van der Waals surface area contributed by atoms with Crippen LogP contribution in [0.5, 0.6) is 5.75 Å². The smallest absolute Gasteiger partial charge is 0.353 e. The van der Waals surface area contributed by atoms with Crippen molar-refractivity contribution in [3.05, 3.63) is 69.7 Å². The molecular weight excluding hydrogens is 439 g/mol. The monoisotopic (exact) mass is 458 g/mol. The van der Waals surface area contributed by atoms with E-state index in [-0.39, 0.29) is 22.3 Å². The Morgan fingerprint density at radius 1 is 1.09 bits per heavy atom. The zero-order valence-corrected chi connectivity index (χ0v) is 17.9. The molecule has 4 rings (SSSR count). The number of aromatic nitrogens is 2. The Morgan fingerprint density at radius 3 is 2.41 bits per heavy atom. The summed E-state index contributed by atoms with van der Waals surface area (Å²) in [6, 6.07) is 11.7.